The van der Waals surface area contributed by atoms with E-state index in [0.29, 0.717) is 17.0 Å². The number of hydrogen-bond acceptors (Lipinski definition) is 11. The molecule has 1 fully saturated rings. The van der Waals surface area contributed by atoms with Gasteiger partial charge in [-0.3, -0.25) is 19.4 Å². The SMILES string of the molecule is CC(=O)O[C@@H]1[C@@H](OC(C)=O)[C@@H](Oc2cncc(-c3ccc(C#N)nc3)c2)SC[C@H]1OC(C)=O. The quantitative estimate of drug-likeness (QED) is 0.453. The molecule has 0 unspecified atom stereocenters. The minimum atomic E-state index is -1.04. The van der Waals surface area contributed by atoms with E-state index in [4.69, 9.17) is 24.2 Å². The molecule has 3 rings (SSSR count). The predicted octanol–water partition coefficient (Wildman–Crippen LogP) is 2.26. The van der Waals surface area contributed by atoms with E-state index >= 15 is 0 Å². The number of carbonyl (C=O) groups excluding carboxylic acids is 3. The lowest BCUT2D eigenvalue weighted by atomic mass is 10.1. The van der Waals surface area contributed by atoms with Crippen LogP contribution in [-0.4, -0.2) is 57.4 Å². The monoisotopic (exact) mass is 471 g/mol. The van der Waals surface area contributed by atoms with Crippen LogP contribution < -0.4 is 4.74 Å². The molecule has 0 bridgehead atoms. The fourth-order valence-electron chi connectivity index (χ4n) is 3.22. The van der Waals surface area contributed by atoms with Crippen molar-refractivity contribution in [3.8, 4) is 22.9 Å². The molecule has 0 aromatic carbocycles. The van der Waals surface area contributed by atoms with Crippen LogP contribution in [0.3, 0.4) is 0 Å². The Balaban J connectivity index is 1.86. The number of pyridine rings is 2. The molecule has 2 aromatic heterocycles. The lowest BCUT2D eigenvalue weighted by Gasteiger charge is -2.39. The van der Waals surface area contributed by atoms with Crippen molar-refractivity contribution < 1.29 is 33.3 Å². The summed E-state index contributed by atoms with van der Waals surface area (Å²) in [6.07, 6.45) is 1.78. The van der Waals surface area contributed by atoms with E-state index in [-0.39, 0.29) is 5.75 Å². The van der Waals surface area contributed by atoms with Crippen LogP contribution >= 0.6 is 11.8 Å². The Kier molecular flexibility index (Phi) is 7.84. The second kappa shape index (κ2) is 10.8. The Labute approximate surface area is 194 Å². The molecule has 172 valence electrons. The van der Waals surface area contributed by atoms with Crippen molar-refractivity contribution in [1.82, 2.24) is 9.97 Å². The average molecular weight is 471 g/mol. The molecule has 0 amide bonds. The molecule has 1 aliphatic heterocycles. The molecule has 33 heavy (non-hydrogen) atoms. The summed E-state index contributed by atoms with van der Waals surface area (Å²) < 4.78 is 22.1. The van der Waals surface area contributed by atoms with Gasteiger partial charge in [0, 0.05) is 50.0 Å². The second-order valence-electron chi connectivity index (χ2n) is 7.07. The highest BCUT2D eigenvalue weighted by Crippen LogP contribution is 2.35. The standard InChI is InChI=1S/C22H21N3O7S/c1-12(26)29-19-11-33-22(21(31-14(3)28)20(19)30-13(2)27)32-18-6-16(8-24-10-18)15-4-5-17(7-23)25-9-15/h4-6,8-10,19-22H,11H2,1-3H3/t19-,20+,21-,22+/m1/s1. The molecule has 1 saturated heterocycles. The van der Waals surface area contributed by atoms with E-state index in [1.54, 1.807) is 30.6 Å². The van der Waals surface area contributed by atoms with Crippen LogP contribution in [0.15, 0.2) is 36.8 Å². The van der Waals surface area contributed by atoms with Crippen molar-refractivity contribution in [3.05, 3.63) is 42.5 Å². The Morgan fingerprint density at radius 1 is 0.970 bits per heavy atom. The van der Waals surface area contributed by atoms with Crippen LogP contribution in [0.2, 0.25) is 0 Å². The minimum absolute atomic E-state index is 0.257. The highest BCUT2D eigenvalue weighted by Gasteiger charge is 2.47. The normalized spacial score (nSPS) is 21.9. The molecular weight excluding hydrogens is 450 g/mol. The first kappa shape index (κ1) is 24.0. The predicted molar refractivity (Wildman–Crippen MR) is 116 cm³/mol. The molecule has 0 spiro atoms. The number of ether oxygens (including phenoxy) is 4. The average Bonchev–Trinajstić information content (AvgIpc) is 2.77. The van der Waals surface area contributed by atoms with Crippen LogP contribution in [0.5, 0.6) is 5.75 Å². The van der Waals surface area contributed by atoms with Gasteiger partial charge >= 0.3 is 17.9 Å². The fourth-order valence-corrected chi connectivity index (χ4v) is 4.43. The molecule has 1 aliphatic rings. The van der Waals surface area contributed by atoms with Crippen molar-refractivity contribution in [2.45, 2.75) is 44.5 Å². The van der Waals surface area contributed by atoms with Gasteiger partial charge < -0.3 is 18.9 Å². The largest absolute Gasteiger partial charge is 0.474 e. The molecule has 2 aromatic rings. The molecule has 0 saturated carbocycles. The number of esters is 3. The van der Waals surface area contributed by atoms with Gasteiger partial charge in [0.05, 0.1) is 6.20 Å². The van der Waals surface area contributed by atoms with Crippen molar-refractivity contribution >= 4 is 29.7 Å². The summed E-state index contributed by atoms with van der Waals surface area (Å²) in [5, 5.41) is 8.91. The van der Waals surface area contributed by atoms with Crippen LogP contribution in [-0.2, 0) is 28.6 Å². The number of carbonyl (C=O) groups is 3. The molecule has 10 nitrogen and oxygen atoms in total. The number of hydrogen-bond donors (Lipinski definition) is 0. The lowest BCUT2D eigenvalue weighted by molar-refractivity contribution is -0.186. The molecule has 3 heterocycles. The summed E-state index contributed by atoms with van der Waals surface area (Å²) in [6.45, 7) is 3.68. The second-order valence-corrected chi connectivity index (χ2v) is 8.20. The lowest BCUT2D eigenvalue weighted by Crippen LogP contribution is -2.55. The number of aromatic nitrogens is 2. The number of rotatable bonds is 6. The summed E-state index contributed by atoms with van der Waals surface area (Å²) in [4.78, 5) is 43.2. The van der Waals surface area contributed by atoms with Gasteiger partial charge in [-0.05, 0) is 18.2 Å². The van der Waals surface area contributed by atoms with Crippen LogP contribution in [0.25, 0.3) is 11.1 Å². The molecule has 0 aliphatic carbocycles. The van der Waals surface area contributed by atoms with Crippen LogP contribution in [0.1, 0.15) is 26.5 Å². The highest BCUT2D eigenvalue weighted by atomic mass is 32.2. The smallest absolute Gasteiger partial charge is 0.303 e. The van der Waals surface area contributed by atoms with Crippen molar-refractivity contribution in [2.75, 3.05) is 5.75 Å². The van der Waals surface area contributed by atoms with Gasteiger partial charge in [0.1, 0.15) is 17.5 Å². The maximum absolute atomic E-state index is 11.8. The van der Waals surface area contributed by atoms with Crippen molar-refractivity contribution in [2.24, 2.45) is 0 Å². The van der Waals surface area contributed by atoms with Gasteiger partial charge in [-0.15, -0.1) is 11.8 Å². The fraction of sp³-hybridized carbons (Fsp3) is 0.364. The van der Waals surface area contributed by atoms with E-state index in [1.807, 2.05) is 6.07 Å². The van der Waals surface area contributed by atoms with Gasteiger partial charge in [-0.2, -0.15) is 5.26 Å². The first-order valence-corrected chi connectivity index (χ1v) is 10.9. The first-order valence-electron chi connectivity index (χ1n) is 9.88. The molecule has 4 atom stereocenters. The Morgan fingerprint density at radius 3 is 2.27 bits per heavy atom. The first-order chi connectivity index (χ1) is 15.8. The number of nitrogens with zero attached hydrogens (tertiary/aromatic N) is 3. The molecule has 0 N–H and O–H groups in total. The molecule has 0 radical (unpaired) electrons. The van der Waals surface area contributed by atoms with Crippen molar-refractivity contribution in [1.29, 1.82) is 5.26 Å². The van der Waals surface area contributed by atoms with Crippen LogP contribution in [0.4, 0.5) is 0 Å². The Morgan fingerprint density at radius 2 is 1.67 bits per heavy atom. The Hall–Kier alpha value is -3.65. The third kappa shape index (κ3) is 6.43. The number of thioether (sulfide) groups is 1. The van der Waals surface area contributed by atoms with E-state index in [9.17, 15) is 14.4 Å². The zero-order valence-electron chi connectivity index (χ0n) is 18.1. The van der Waals surface area contributed by atoms with E-state index in [0.717, 1.165) is 5.56 Å². The van der Waals surface area contributed by atoms with Gasteiger partial charge in [-0.25, -0.2) is 4.98 Å². The van der Waals surface area contributed by atoms with E-state index < -0.39 is 41.7 Å². The minimum Gasteiger partial charge on any atom is -0.474 e. The summed E-state index contributed by atoms with van der Waals surface area (Å²) in [5.74, 6) is -1.14. The highest BCUT2D eigenvalue weighted by molar-refractivity contribution is 7.99. The summed E-state index contributed by atoms with van der Waals surface area (Å²) in [6, 6.07) is 7.02. The topological polar surface area (TPSA) is 138 Å². The molecular formula is C22H21N3O7S. The summed E-state index contributed by atoms with van der Waals surface area (Å²) in [5.41, 5.74) is 0.957. The summed E-state index contributed by atoms with van der Waals surface area (Å²) in [7, 11) is 0. The van der Waals surface area contributed by atoms with E-state index in [2.05, 4.69) is 9.97 Å². The van der Waals surface area contributed by atoms with Gasteiger partial charge in [0.25, 0.3) is 0 Å². The third-order valence-corrected chi connectivity index (χ3v) is 5.70. The maximum atomic E-state index is 11.8. The zero-order chi connectivity index (χ0) is 24.0. The van der Waals surface area contributed by atoms with Gasteiger partial charge in [-0.1, -0.05) is 0 Å². The van der Waals surface area contributed by atoms with Crippen LogP contribution in [0, 0.1) is 11.3 Å². The van der Waals surface area contributed by atoms with Gasteiger partial charge in [0.15, 0.2) is 23.7 Å². The van der Waals surface area contributed by atoms with Gasteiger partial charge in [0.2, 0.25) is 0 Å². The van der Waals surface area contributed by atoms with Crippen molar-refractivity contribution in [3.63, 3.8) is 0 Å². The maximum Gasteiger partial charge on any atom is 0.303 e. The Bertz CT molecular complexity index is 1070. The zero-order valence-corrected chi connectivity index (χ0v) is 18.9. The summed E-state index contributed by atoms with van der Waals surface area (Å²) >= 11 is 1.25. The number of nitriles is 1. The molecule has 11 heteroatoms. The third-order valence-electron chi connectivity index (χ3n) is 4.48. The van der Waals surface area contributed by atoms with E-state index in [1.165, 1.54) is 38.7 Å².